The molecule has 7 heteroatoms. The minimum Gasteiger partial charge on any atom is -0.468 e. The lowest BCUT2D eigenvalue weighted by atomic mass is 10.2. The van der Waals surface area contributed by atoms with E-state index in [0.29, 0.717) is 0 Å². The lowest BCUT2D eigenvalue weighted by Crippen LogP contribution is -2.41. The molecule has 0 fully saturated rings. The van der Waals surface area contributed by atoms with Crippen LogP contribution in [-0.2, 0) is 25.1 Å². The van der Waals surface area contributed by atoms with Crippen molar-refractivity contribution in [1.29, 1.82) is 0 Å². The van der Waals surface area contributed by atoms with E-state index in [-0.39, 0.29) is 6.54 Å². The highest BCUT2D eigenvalue weighted by atomic mass is 32.2. The van der Waals surface area contributed by atoms with Crippen molar-refractivity contribution in [3.63, 3.8) is 0 Å². The first kappa shape index (κ1) is 15.9. The van der Waals surface area contributed by atoms with Crippen LogP contribution in [0.15, 0.2) is 0 Å². The van der Waals surface area contributed by atoms with E-state index in [9.17, 15) is 13.8 Å². The van der Waals surface area contributed by atoms with Gasteiger partial charge in [-0.1, -0.05) is 0 Å². The van der Waals surface area contributed by atoms with Gasteiger partial charge < -0.3 is 14.8 Å². The summed E-state index contributed by atoms with van der Waals surface area (Å²) in [4.78, 5) is 22.6. The fourth-order valence-electron chi connectivity index (χ4n) is 0.958. The van der Waals surface area contributed by atoms with Gasteiger partial charge in [0.05, 0.1) is 7.11 Å². The molecule has 2 atom stereocenters. The fraction of sp³-hybridized carbons (Fsp3) is 0.800. The van der Waals surface area contributed by atoms with Gasteiger partial charge in [0, 0.05) is 23.6 Å². The molecule has 1 amide bonds. The Bertz CT molecular complexity index is 310. The van der Waals surface area contributed by atoms with Crippen LogP contribution in [0.25, 0.3) is 0 Å². The maximum absolute atomic E-state index is 11.3. The molecule has 0 aromatic heterocycles. The first-order chi connectivity index (χ1) is 7.67. The van der Waals surface area contributed by atoms with Crippen LogP contribution in [0.2, 0.25) is 0 Å². The Morgan fingerprint density at radius 2 is 1.88 bits per heavy atom. The van der Waals surface area contributed by atoms with Gasteiger partial charge in [-0.25, -0.2) is 4.79 Å². The van der Waals surface area contributed by atoms with Crippen molar-refractivity contribution in [2.45, 2.75) is 31.6 Å². The summed E-state index contributed by atoms with van der Waals surface area (Å²) in [6.07, 6.45) is 0.718. The number of methoxy groups -OCH3 is 1. The van der Waals surface area contributed by atoms with E-state index in [1.54, 1.807) is 20.8 Å². The van der Waals surface area contributed by atoms with Gasteiger partial charge in [-0.3, -0.25) is 9.00 Å². The number of esters is 1. The van der Waals surface area contributed by atoms with Crippen molar-refractivity contribution in [3.05, 3.63) is 0 Å². The second-order valence-electron chi connectivity index (χ2n) is 4.39. The highest BCUT2D eigenvalue weighted by Crippen LogP contribution is 2.06. The van der Waals surface area contributed by atoms with Crippen molar-refractivity contribution in [3.8, 4) is 0 Å². The number of amides is 1. The summed E-state index contributed by atoms with van der Waals surface area (Å²) < 4.78 is 20.7. The van der Waals surface area contributed by atoms with Gasteiger partial charge in [-0.2, -0.15) is 0 Å². The van der Waals surface area contributed by atoms with Crippen molar-refractivity contribution < 1.29 is 23.3 Å². The van der Waals surface area contributed by atoms with E-state index in [0.717, 1.165) is 0 Å². The van der Waals surface area contributed by atoms with Crippen LogP contribution in [0.3, 0.4) is 0 Å². The van der Waals surface area contributed by atoms with E-state index in [1.807, 2.05) is 0 Å². The monoisotopic (exact) mass is 265 g/mol. The molecule has 0 rings (SSSR count). The maximum Gasteiger partial charge on any atom is 0.407 e. The van der Waals surface area contributed by atoms with Gasteiger partial charge in [-0.15, -0.1) is 0 Å². The summed E-state index contributed by atoms with van der Waals surface area (Å²) >= 11 is 0. The average molecular weight is 265 g/mol. The Balaban J connectivity index is 4.28. The largest absolute Gasteiger partial charge is 0.468 e. The number of ether oxygens (including phenoxy) is 2. The first-order valence-electron chi connectivity index (χ1n) is 5.04. The molecule has 1 N–H and O–H groups in total. The van der Waals surface area contributed by atoms with Gasteiger partial charge in [0.25, 0.3) is 0 Å². The first-order valence-corrected chi connectivity index (χ1v) is 6.66. The molecule has 0 heterocycles. The summed E-state index contributed by atoms with van der Waals surface area (Å²) in [6, 6.07) is 0. The summed E-state index contributed by atoms with van der Waals surface area (Å²) in [5.74, 6) is -0.623. The standard InChI is InChI=1S/C10H19NO5S/c1-10(2,3)16-9(13)11-6-7(17(5)14)8(12)15-4/h7H,6H2,1-5H3,(H,11,13). The summed E-state index contributed by atoms with van der Waals surface area (Å²) in [5.41, 5.74) is -0.615. The fourth-order valence-corrected chi connectivity index (χ4v) is 1.64. The van der Waals surface area contributed by atoms with Gasteiger partial charge in [0.2, 0.25) is 0 Å². The summed E-state index contributed by atoms with van der Waals surface area (Å²) in [5, 5.41) is 1.50. The van der Waals surface area contributed by atoms with Gasteiger partial charge in [0.1, 0.15) is 10.9 Å². The van der Waals surface area contributed by atoms with Crippen molar-refractivity contribution in [2.24, 2.45) is 0 Å². The van der Waals surface area contributed by atoms with Crippen LogP contribution in [0.1, 0.15) is 20.8 Å². The smallest absolute Gasteiger partial charge is 0.407 e. The number of hydrogen-bond acceptors (Lipinski definition) is 5. The molecular weight excluding hydrogens is 246 g/mol. The minimum absolute atomic E-state index is 0.0787. The molecule has 0 aromatic carbocycles. The minimum atomic E-state index is -1.42. The number of hydrogen-bond donors (Lipinski definition) is 1. The molecule has 2 unspecified atom stereocenters. The molecule has 0 aliphatic heterocycles. The molecule has 0 saturated carbocycles. The Morgan fingerprint density at radius 1 is 1.35 bits per heavy atom. The molecule has 0 saturated heterocycles. The predicted octanol–water partition coefficient (Wildman–Crippen LogP) is 0.431. The third kappa shape index (κ3) is 6.93. The normalized spacial score (nSPS) is 14.6. The third-order valence-electron chi connectivity index (χ3n) is 1.70. The molecule has 0 spiro atoms. The average Bonchev–Trinajstić information content (AvgIpc) is 2.14. The molecule has 6 nitrogen and oxygen atoms in total. The van der Waals surface area contributed by atoms with Gasteiger partial charge in [-0.05, 0) is 20.8 Å². The highest BCUT2D eigenvalue weighted by Gasteiger charge is 2.25. The van der Waals surface area contributed by atoms with E-state index in [1.165, 1.54) is 13.4 Å². The zero-order valence-corrected chi connectivity index (χ0v) is 11.6. The number of rotatable bonds is 4. The second-order valence-corrected chi connectivity index (χ2v) is 5.96. The Morgan fingerprint density at radius 3 is 2.24 bits per heavy atom. The topological polar surface area (TPSA) is 81.7 Å². The van der Waals surface area contributed by atoms with Crippen molar-refractivity contribution >= 4 is 22.9 Å². The quantitative estimate of drug-likeness (QED) is 0.745. The van der Waals surface area contributed by atoms with Crippen molar-refractivity contribution in [2.75, 3.05) is 19.9 Å². The molecule has 17 heavy (non-hydrogen) atoms. The zero-order chi connectivity index (χ0) is 13.6. The SMILES string of the molecule is COC(=O)C(CNC(=O)OC(C)(C)C)S(C)=O. The van der Waals surface area contributed by atoms with Crippen LogP contribution in [0.4, 0.5) is 4.79 Å². The van der Waals surface area contributed by atoms with Crippen LogP contribution < -0.4 is 5.32 Å². The van der Waals surface area contributed by atoms with Crippen LogP contribution in [-0.4, -0.2) is 47.0 Å². The molecular formula is C10H19NO5S. The maximum atomic E-state index is 11.3. The van der Waals surface area contributed by atoms with Crippen LogP contribution in [0.5, 0.6) is 0 Å². The third-order valence-corrected chi connectivity index (χ3v) is 2.86. The number of alkyl carbamates (subject to hydrolysis) is 1. The van der Waals surface area contributed by atoms with Crippen LogP contribution >= 0.6 is 0 Å². The Hall–Kier alpha value is -1.11. The van der Waals surface area contributed by atoms with Gasteiger partial charge in [0.15, 0.2) is 0 Å². The molecule has 0 radical (unpaired) electrons. The van der Waals surface area contributed by atoms with E-state index in [2.05, 4.69) is 10.1 Å². The molecule has 0 bridgehead atoms. The number of carbonyl (C=O) groups excluding carboxylic acids is 2. The number of nitrogens with one attached hydrogen (secondary N) is 1. The highest BCUT2D eigenvalue weighted by molar-refractivity contribution is 7.85. The second kappa shape index (κ2) is 6.58. The van der Waals surface area contributed by atoms with Gasteiger partial charge >= 0.3 is 12.1 Å². The predicted molar refractivity (Wildman–Crippen MR) is 64.1 cm³/mol. The lowest BCUT2D eigenvalue weighted by molar-refractivity contribution is -0.139. The Kier molecular flexibility index (Phi) is 6.15. The summed E-state index contributed by atoms with van der Waals surface area (Å²) in [7, 11) is -0.214. The van der Waals surface area contributed by atoms with Crippen LogP contribution in [0, 0.1) is 0 Å². The molecule has 0 aliphatic rings. The van der Waals surface area contributed by atoms with E-state index >= 15 is 0 Å². The number of carbonyl (C=O) groups is 2. The van der Waals surface area contributed by atoms with Crippen molar-refractivity contribution in [1.82, 2.24) is 5.32 Å². The Labute approximate surface area is 103 Å². The lowest BCUT2D eigenvalue weighted by Gasteiger charge is -2.20. The molecule has 0 aliphatic carbocycles. The summed E-state index contributed by atoms with van der Waals surface area (Å²) in [6.45, 7) is 5.09. The molecule has 0 aromatic rings. The zero-order valence-electron chi connectivity index (χ0n) is 10.7. The van der Waals surface area contributed by atoms with E-state index in [4.69, 9.17) is 4.74 Å². The van der Waals surface area contributed by atoms with E-state index < -0.39 is 33.7 Å². The molecule has 100 valence electrons.